The zero-order chi connectivity index (χ0) is 20.8. The molecule has 1 heterocycles. The number of aryl methyl sites for hydroxylation is 1. The number of rotatable bonds is 7. The van der Waals surface area contributed by atoms with Gasteiger partial charge < -0.3 is 4.57 Å². The maximum Gasteiger partial charge on any atom is 0.252 e. The number of nitrogens with zero attached hydrogens (tertiary/aromatic N) is 2. The van der Waals surface area contributed by atoms with Gasteiger partial charge in [0.1, 0.15) is 0 Å². The Kier molecular flexibility index (Phi) is 7.18. The normalized spacial score (nSPS) is 12.3. The molecule has 0 fully saturated rings. The predicted molar refractivity (Wildman–Crippen MR) is 123 cm³/mol. The minimum Gasteiger partial charge on any atom is -0.316 e. The van der Waals surface area contributed by atoms with Crippen molar-refractivity contribution in [1.82, 2.24) is 9.99 Å². The highest BCUT2D eigenvalue weighted by molar-refractivity contribution is 7.99. The first-order valence-electron chi connectivity index (χ1n) is 9.39. The molecule has 0 spiro atoms. The second kappa shape index (κ2) is 9.81. The minimum atomic E-state index is -0.192. The molecule has 1 atom stereocenters. The zero-order valence-corrected chi connectivity index (χ0v) is 18.3. The summed E-state index contributed by atoms with van der Waals surface area (Å²) in [6, 6.07) is 19.9. The van der Waals surface area contributed by atoms with Crippen LogP contribution in [0, 0.1) is 13.8 Å². The van der Waals surface area contributed by atoms with E-state index in [0.717, 1.165) is 28.4 Å². The third-order valence-corrected chi connectivity index (χ3v) is 6.19. The molecule has 6 heteroatoms. The van der Waals surface area contributed by atoms with Crippen LogP contribution in [0.5, 0.6) is 0 Å². The highest BCUT2D eigenvalue weighted by Crippen LogP contribution is 2.25. The maximum atomic E-state index is 12.3. The summed E-state index contributed by atoms with van der Waals surface area (Å²) in [5.41, 5.74) is 7.78. The van der Waals surface area contributed by atoms with E-state index in [2.05, 4.69) is 27.2 Å². The van der Waals surface area contributed by atoms with Gasteiger partial charge in [0.05, 0.1) is 22.2 Å². The molecule has 0 aliphatic carbocycles. The van der Waals surface area contributed by atoms with E-state index in [0.29, 0.717) is 5.02 Å². The topological polar surface area (TPSA) is 46.4 Å². The van der Waals surface area contributed by atoms with Gasteiger partial charge in [0, 0.05) is 22.7 Å². The Morgan fingerprint density at radius 1 is 1.17 bits per heavy atom. The molecule has 0 radical (unpaired) electrons. The molecule has 2 aromatic carbocycles. The average Bonchev–Trinajstić information content (AvgIpc) is 3.00. The van der Waals surface area contributed by atoms with Crippen LogP contribution in [0.25, 0.3) is 5.69 Å². The number of hydrogen-bond acceptors (Lipinski definition) is 3. The van der Waals surface area contributed by atoms with Crippen LogP contribution in [-0.2, 0) is 10.5 Å². The zero-order valence-electron chi connectivity index (χ0n) is 16.7. The lowest BCUT2D eigenvalue weighted by Gasteiger charge is -2.11. The van der Waals surface area contributed by atoms with Crippen LogP contribution in [0.1, 0.15) is 29.4 Å². The number of para-hydroxylation sites is 1. The molecule has 4 nitrogen and oxygen atoms in total. The second-order valence-electron chi connectivity index (χ2n) is 6.79. The molecule has 1 unspecified atom stereocenters. The van der Waals surface area contributed by atoms with Gasteiger partial charge >= 0.3 is 0 Å². The van der Waals surface area contributed by atoms with Gasteiger partial charge in [-0.15, -0.1) is 11.8 Å². The van der Waals surface area contributed by atoms with Gasteiger partial charge in [-0.2, -0.15) is 5.10 Å². The molecule has 1 N–H and O–H groups in total. The van der Waals surface area contributed by atoms with Crippen molar-refractivity contribution in [3.05, 3.63) is 88.2 Å². The summed E-state index contributed by atoms with van der Waals surface area (Å²) in [5, 5.41) is 4.66. The monoisotopic (exact) mass is 425 g/mol. The van der Waals surface area contributed by atoms with Gasteiger partial charge in [-0.3, -0.25) is 4.79 Å². The average molecular weight is 426 g/mol. The van der Waals surface area contributed by atoms with Crippen LogP contribution < -0.4 is 5.43 Å². The summed E-state index contributed by atoms with van der Waals surface area (Å²) >= 11 is 7.94. The van der Waals surface area contributed by atoms with Crippen molar-refractivity contribution < 1.29 is 4.79 Å². The third-order valence-electron chi connectivity index (χ3n) is 4.65. The van der Waals surface area contributed by atoms with Gasteiger partial charge in [-0.05, 0) is 44.5 Å². The standard InChI is InChI=1S/C23H24ClN3OS/c1-16-13-20(17(2)27(16)22-12-8-7-11-21(22)24)14-25-26-23(28)18(3)29-15-19-9-5-4-6-10-19/h4-14,18H,15H2,1-3H3,(H,26,28)/b25-14+. The number of aromatic nitrogens is 1. The first-order chi connectivity index (χ1) is 14.0. The quantitative estimate of drug-likeness (QED) is 0.400. The van der Waals surface area contributed by atoms with Gasteiger partial charge in [0.15, 0.2) is 0 Å². The van der Waals surface area contributed by atoms with E-state index >= 15 is 0 Å². The molecule has 1 amide bonds. The number of amides is 1. The van der Waals surface area contributed by atoms with E-state index in [9.17, 15) is 4.79 Å². The van der Waals surface area contributed by atoms with Crippen molar-refractivity contribution in [3.8, 4) is 5.69 Å². The van der Waals surface area contributed by atoms with E-state index in [1.54, 1.807) is 18.0 Å². The fraction of sp³-hybridized carbons (Fsp3) is 0.217. The number of thioether (sulfide) groups is 1. The van der Waals surface area contributed by atoms with Crippen LogP contribution in [-0.4, -0.2) is 21.9 Å². The number of halogens is 1. The fourth-order valence-electron chi connectivity index (χ4n) is 3.05. The van der Waals surface area contributed by atoms with Crippen molar-refractivity contribution >= 4 is 35.5 Å². The van der Waals surface area contributed by atoms with E-state index < -0.39 is 0 Å². The largest absolute Gasteiger partial charge is 0.316 e. The minimum absolute atomic E-state index is 0.109. The highest BCUT2D eigenvalue weighted by atomic mass is 35.5. The molecule has 3 aromatic rings. The molecule has 0 bridgehead atoms. The summed E-state index contributed by atoms with van der Waals surface area (Å²) in [5.74, 6) is 0.681. The molecule has 0 aliphatic heterocycles. The summed E-state index contributed by atoms with van der Waals surface area (Å²) in [6.45, 7) is 5.92. The van der Waals surface area contributed by atoms with Crippen molar-refractivity contribution in [2.45, 2.75) is 31.8 Å². The van der Waals surface area contributed by atoms with Gasteiger partial charge in [-0.25, -0.2) is 5.43 Å². The van der Waals surface area contributed by atoms with Crippen LogP contribution in [0.3, 0.4) is 0 Å². The molecule has 0 saturated carbocycles. The Morgan fingerprint density at radius 2 is 1.86 bits per heavy atom. The summed E-state index contributed by atoms with van der Waals surface area (Å²) in [4.78, 5) is 12.3. The number of nitrogens with one attached hydrogen (secondary N) is 1. The highest BCUT2D eigenvalue weighted by Gasteiger charge is 2.14. The van der Waals surface area contributed by atoms with Crippen LogP contribution in [0.2, 0.25) is 5.02 Å². The molecular weight excluding hydrogens is 402 g/mol. The van der Waals surface area contributed by atoms with Crippen molar-refractivity contribution in [2.24, 2.45) is 5.10 Å². The van der Waals surface area contributed by atoms with Gasteiger partial charge in [0.25, 0.3) is 5.91 Å². The third kappa shape index (κ3) is 5.31. The molecular formula is C23H24ClN3OS. The Labute approximate surface area is 181 Å². The lowest BCUT2D eigenvalue weighted by atomic mass is 10.2. The van der Waals surface area contributed by atoms with Gasteiger partial charge in [-0.1, -0.05) is 54.1 Å². The van der Waals surface area contributed by atoms with Gasteiger partial charge in [0.2, 0.25) is 0 Å². The number of hydrazone groups is 1. The lowest BCUT2D eigenvalue weighted by Crippen LogP contribution is -2.27. The number of benzene rings is 2. The maximum absolute atomic E-state index is 12.3. The second-order valence-corrected chi connectivity index (χ2v) is 8.52. The molecule has 150 valence electrons. The van der Waals surface area contributed by atoms with E-state index in [1.807, 2.05) is 69.3 Å². The van der Waals surface area contributed by atoms with Crippen LogP contribution >= 0.6 is 23.4 Å². The molecule has 0 aliphatic rings. The number of carbonyl (C=O) groups excluding carboxylic acids is 1. The Hall–Kier alpha value is -2.50. The summed E-state index contributed by atoms with van der Waals surface area (Å²) in [6.07, 6.45) is 1.68. The molecule has 0 saturated heterocycles. The van der Waals surface area contributed by atoms with Crippen molar-refractivity contribution in [1.29, 1.82) is 0 Å². The summed E-state index contributed by atoms with van der Waals surface area (Å²) in [7, 11) is 0. The predicted octanol–water partition coefficient (Wildman–Crippen LogP) is 5.52. The van der Waals surface area contributed by atoms with E-state index in [1.165, 1.54) is 5.56 Å². The Balaban J connectivity index is 1.62. The van der Waals surface area contributed by atoms with Crippen molar-refractivity contribution in [2.75, 3.05) is 0 Å². The number of carbonyl (C=O) groups is 1. The van der Waals surface area contributed by atoms with E-state index in [-0.39, 0.29) is 11.2 Å². The van der Waals surface area contributed by atoms with Crippen LogP contribution in [0.4, 0.5) is 0 Å². The molecule has 29 heavy (non-hydrogen) atoms. The molecule has 1 aromatic heterocycles. The molecule has 3 rings (SSSR count). The SMILES string of the molecule is Cc1cc(/C=N/NC(=O)C(C)SCc2ccccc2)c(C)n1-c1ccccc1Cl. The first-order valence-corrected chi connectivity index (χ1v) is 10.8. The lowest BCUT2D eigenvalue weighted by molar-refractivity contribution is -0.120. The Bertz CT molecular complexity index is 1010. The Morgan fingerprint density at radius 3 is 2.59 bits per heavy atom. The van der Waals surface area contributed by atoms with Crippen molar-refractivity contribution in [3.63, 3.8) is 0 Å². The smallest absolute Gasteiger partial charge is 0.252 e. The first kappa shape index (κ1) is 21.2. The fourth-order valence-corrected chi connectivity index (χ4v) is 4.11. The number of hydrogen-bond donors (Lipinski definition) is 1. The summed E-state index contributed by atoms with van der Waals surface area (Å²) < 4.78 is 2.09. The van der Waals surface area contributed by atoms with Crippen LogP contribution in [0.15, 0.2) is 65.8 Å². The van der Waals surface area contributed by atoms with E-state index in [4.69, 9.17) is 11.6 Å².